The highest BCUT2D eigenvalue weighted by atomic mass is 32.2. The van der Waals surface area contributed by atoms with Gasteiger partial charge in [0.1, 0.15) is 0 Å². The molecule has 0 aromatic heterocycles. The minimum Gasteiger partial charge on any atom is -0.453 e. The highest BCUT2D eigenvalue weighted by Gasteiger charge is 2.17. The van der Waals surface area contributed by atoms with Crippen molar-refractivity contribution in [1.82, 2.24) is 4.72 Å². The highest BCUT2D eigenvalue weighted by Crippen LogP contribution is 2.11. The van der Waals surface area contributed by atoms with Crippen molar-refractivity contribution in [2.24, 2.45) is 5.73 Å². The third-order valence-corrected chi connectivity index (χ3v) is 4.38. The van der Waals surface area contributed by atoms with E-state index in [-0.39, 0.29) is 23.6 Å². The van der Waals surface area contributed by atoms with E-state index < -0.39 is 28.0 Å². The second kappa shape index (κ2) is 7.84. The SMILES string of the molecule is CC(=O)c1ccc(S(=O)(=O)NCCC(=O)O[C@@H](C)C(N)=O)cc1. The standard InChI is InChI=1S/C14H18N2O6S/c1-9(17)11-3-5-12(6-4-11)23(20,21)16-8-7-13(18)22-10(2)14(15)19/h3-6,10,16H,7-8H2,1-2H3,(H2,15,19)/t10-/m0/s1. The van der Waals surface area contributed by atoms with Crippen LogP contribution >= 0.6 is 0 Å². The monoisotopic (exact) mass is 342 g/mol. The van der Waals surface area contributed by atoms with Gasteiger partial charge in [-0.3, -0.25) is 14.4 Å². The molecule has 0 heterocycles. The fraction of sp³-hybridized carbons (Fsp3) is 0.357. The molecule has 1 rings (SSSR count). The molecule has 0 fully saturated rings. The smallest absolute Gasteiger partial charge is 0.307 e. The van der Waals surface area contributed by atoms with Crippen LogP contribution in [0, 0.1) is 0 Å². The molecule has 0 radical (unpaired) electrons. The van der Waals surface area contributed by atoms with Gasteiger partial charge in [-0.2, -0.15) is 0 Å². The average molecular weight is 342 g/mol. The Morgan fingerprint density at radius 2 is 1.78 bits per heavy atom. The number of nitrogens with two attached hydrogens (primary N) is 1. The summed E-state index contributed by atoms with van der Waals surface area (Å²) in [4.78, 5) is 33.2. The maximum atomic E-state index is 12.0. The molecular weight excluding hydrogens is 324 g/mol. The van der Waals surface area contributed by atoms with E-state index in [1.54, 1.807) is 0 Å². The zero-order valence-corrected chi connectivity index (χ0v) is 13.6. The lowest BCUT2D eigenvalue weighted by Gasteiger charge is -2.10. The average Bonchev–Trinajstić information content (AvgIpc) is 2.46. The Morgan fingerprint density at radius 1 is 1.22 bits per heavy atom. The van der Waals surface area contributed by atoms with Crippen LogP contribution in [0.25, 0.3) is 0 Å². The Bertz CT molecular complexity index is 696. The molecule has 1 amide bonds. The van der Waals surface area contributed by atoms with E-state index in [2.05, 4.69) is 9.46 Å². The van der Waals surface area contributed by atoms with E-state index in [9.17, 15) is 22.8 Å². The minimum absolute atomic E-state index is 0.0265. The van der Waals surface area contributed by atoms with Crippen LogP contribution in [-0.2, 0) is 24.3 Å². The first-order chi connectivity index (χ1) is 10.6. The summed E-state index contributed by atoms with van der Waals surface area (Å²) in [5.41, 5.74) is 5.34. The third-order valence-electron chi connectivity index (χ3n) is 2.90. The van der Waals surface area contributed by atoms with Crippen LogP contribution in [0.4, 0.5) is 0 Å². The lowest BCUT2D eigenvalue weighted by atomic mass is 10.2. The number of Topliss-reactive ketones (excluding diaryl/α,β-unsaturated/α-hetero) is 1. The summed E-state index contributed by atoms with van der Waals surface area (Å²) in [7, 11) is -3.80. The lowest BCUT2D eigenvalue weighted by molar-refractivity contribution is -0.153. The molecular formula is C14H18N2O6S. The second-order valence-electron chi connectivity index (χ2n) is 4.76. The fourth-order valence-corrected chi connectivity index (χ4v) is 2.59. The Morgan fingerprint density at radius 3 is 2.26 bits per heavy atom. The molecule has 0 saturated heterocycles. The first-order valence-electron chi connectivity index (χ1n) is 6.73. The summed E-state index contributed by atoms with van der Waals surface area (Å²) in [6.07, 6.45) is -1.32. The molecule has 0 saturated carbocycles. The Balaban J connectivity index is 2.57. The molecule has 0 unspecified atom stereocenters. The maximum absolute atomic E-state index is 12.0. The van der Waals surface area contributed by atoms with Crippen molar-refractivity contribution >= 4 is 27.7 Å². The zero-order valence-electron chi connectivity index (χ0n) is 12.7. The van der Waals surface area contributed by atoms with Crippen molar-refractivity contribution in [2.75, 3.05) is 6.54 Å². The van der Waals surface area contributed by atoms with Crippen LogP contribution in [0.1, 0.15) is 30.6 Å². The summed E-state index contributed by atoms with van der Waals surface area (Å²) >= 11 is 0. The first kappa shape index (κ1) is 18.8. The van der Waals surface area contributed by atoms with Crippen molar-refractivity contribution in [3.05, 3.63) is 29.8 Å². The number of carbonyl (C=O) groups excluding carboxylic acids is 3. The first-order valence-corrected chi connectivity index (χ1v) is 8.21. The number of benzene rings is 1. The summed E-state index contributed by atoms with van der Waals surface area (Å²) in [5.74, 6) is -1.70. The molecule has 8 nitrogen and oxygen atoms in total. The van der Waals surface area contributed by atoms with Gasteiger partial charge in [0.15, 0.2) is 11.9 Å². The van der Waals surface area contributed by atoms with Crippen LogP contribution in [0.2, 0.25) is 0 Å². The van der Waals surface area contributed by atoms with Crippen LogP contribution in [0.5, 0.6) is 0 Å². The zero-order chi connectivity index (χ0) is 17.6. The highest BCUT2D eigenvalue weighted by molar-refractivity contribution is 7.89. The number of amides is 1. The van der Waals surface area contributed by atoms with Crippen molar-refractivity contribution in [3.63, 3.8) is 0 Å². The number of rotatable bonds is 8. The van der Waals surface area contributed by atoms with Gasteiger partial charge in [0.25, 0.3) is 5.91 Å². The van der Waals surface area contributed by atoms with Crippen molar-refractivity contribution in [3.8, 4) is 0 Å². The predicted molar refractivity (Wildman–Crippen MR) is 81.0 cm³/mol. The number of hydrogen-bond donors (Lipinski definition) is 2. The van der Waals surface area contributed by atoms with Gasteiger partial charge in [-0.25, -0.2) is 13.1 Å². The van der Waals surface area contributed by atoms with Crippen LogP contribution in [0.15, 0.2) is 29.2 Å². The molecule has 126 valence electrons. The topological polar surface area (TPSA) is 133 Å². The molecule has 0 aliphatic rings. The fourth-order valence-electron chi connectivity index (χ4n) is 1.55. The molecule has 0 bridgehead atoms. The molecule has 9 heteroatoms. The van der Waals surface area contributed by atoms with Crippen LogP contribution in [-0.4, -0.2) is 38.7 Å². The van der Waals surface area contributed by atoms with Gasteiger partial charge in [0.2, 0.25) is 10.0 Å². The summed E-state index contributed by atoms with van der Waals surface area (Å²) in [6, 6.07) is 5.40. The van der Waals surface area contributed by atoms with E-state index >= 15 is 0 Å². The number of sulfonamides is 1. The van der Waals surface area contributed by atoms with Gasteiger partial charge < -0.3 is 10.5 Å². The summed E-state index contributed by atoms with van der Waals surface area (Å²) in [6.45, 7) is 2.50. The molecule has 1 aromatic carbocycles. The van der Waals surface area contributed by atoms with Gasteiger partial charge in [0.05, 0.1) is 11.3 Å². The molecule has 0 spiro atoms. The van der Waals surface area contributed by atoms with Crippen LogP contribution < -0.4 is 10.5 Å². The van der Waals surface area contributed by atoms with Gasteiger partial charge in [0, 0.05) is 12.1 Å². The number of ether oxygens (including phenoxy) is 1. The molecule has 3 N–H and O–H groups in total. The van der Waals surface area contributed by atoms with Gasteiger partial charge >= 0.3 is 5.97 Å². The lowest BCUT2D eigenvalue weighted by Crippen LogP contribution is -2.32. The molecule has 1 atom stereocenters. The molecule has 1 aromatic rings. The normalized spacial score (nSPS) is 12.4. The third kappa shape index (κ3) is 5.80. The predicted octanol–water partition coefficient (Wildman–Crippen LogP) is -0.0254. The number of hydrogen-bond acceptors (Lipinski definition) is 6. The Hall–Kier alpha value is -2.26. The van der Waals surface area contributed by atoms with E-state index in [0.29, 0.717) is 5.56 Å². The Kier molecular flexibility index (Phi) is 6.40. The van der Waals surface area contributed by atoms with E-state index in [1.807, 2.05) is 0 Å². The number of primary amides is 1. The van der Waals surface area contributed by atoms with Crippen LogP contribution in [0.3, 0.4) is 0 Å². The molecule has 0 aliphatic heterocycles. The van der Waals surface area contributed by atoms with Crippen molar-refractivity contribution in [1.29, 1.82) is 0 Å². The largest absolute Gasteiger partial charge is 0.453 e. The summed E-state index contributed by atoms with van der Waals surface area (Å²) < 4.78 is 30.9. The quantitative estimate of drug-likeness (QED) is 0.504. The Labute approximate surface area is 134 Å². The van der Waals surface area contributed by atoms with Crippen molar-refractivity contribution < 1.29 is 27.5 Å². The number of nitrogens with one attached hydrogen (secondary N) is 1. The second-order valence-corrected chi connectivity index (χ2v) is 6.53. The van der Waals surface area contributed by atoms with Crippen molar-refractivity contribution in [2.45, 2.75) is 31.3 Å². The van der Waals surface area contributed by atoms with E-state index in [1.165, 1.54) is 38.1 Å². The van der Waals surface area contributed by atoms with Gasteiger partial charge in [-0.15, -0.1) is 0 Å². The van der Waals surface area contributed by atoms with Gasteiger partial charge in [-0.05, 0) is 26.0 Å². The molecule has 23 heavy (non-hydrogen) atoms. The number of esters is 1. The van der Waals surface area contributed by atoms with E-state index in [0.717, 1.165) is 0 Å². The number of ketones is 1. The van der Waals surface area contributed by atoms with E-state index in [4.69, 9.17) is 5.73 Å². The number of carbonyl (C=O) groups is 3. The van der Waals surface area contributed by atoms with Gasteiger partial charge in [-0.1, -0.05) is 12.1 Å². The summed E-state index contributed by atoms with van der Waals surface area (Å²) in [5, 5.41) is 0. The maximum Gasteiger partial charge on any atom is 0.307 e. The minimum atomic E-state index is -3.80. The molecule has 0 aliphatic carbocycles.